The topological polar surface area (TPSA) is 37.0 Å². The van der Waals surface area contributed by atoms with Gasteiger partial charge in [0.25, 0.3) is 0 Å². The van der Waals surface area contributed by atoms with Crippen LogP contribution in [0.25, 0.3) is 5.57 Å². The fourth-order valence-corrected chi connectivity index (χ4v) is 0.757. The van der Waals surface area contributed by atoms with Crippen LogP contribution in [0.15, 0.2) is 36.9 Å². The van der Waals surface area contributed by atoms with E-state index < -0.39 is 5.97 Å². The second-order valence-electron chi connectivity index (χ2n) is 2.13. The molecule has 0 N–H and O–H groups in total. The van der Waals surface area contributed by atoms with E-state index in [9.17, 15) is 9.90 Å². The first-order chi connectivity index (χ1) is 5.22. The van der Waals surface area contributed by atoms with Crippen molar-refractivity contribution < 1.29 is 9.90 Å². The van der Waals surface area contributed by atoms with Crippen LogP contribution in [0.1, 0.15) is 5.56 Å². The highest BCUT2D eigenvalue weighted by Crippen LogP contribution is 2.10. The molecule has 0 amide bonds. The first-order valence-corrected chi connectivity index (χ1v) is 3.17. The second kappa shape index (κ2) is 3.01. The maximum absolute atomic E-state index is 10.3. The number of benzene rings is 1. The maximum atomic E-state index is 10.3. The zero-order chi connectivity index (χ0) is 8.27. The highest BCUT2D eigenvalue weighted by Gasteiger charge is 2.07. The minimum absolute atomic E-state index is 0.0191. The van der Waals surface area contributed by atoms with Gasteiger partial charge in [0.1, 0.15) is 0 Å². The number of hydrogen-bond donors (Lipinski definition) is 0. The van der Waals surface area contributed by atoms with Crippen LogP contribution in [0.4, 0.5) is 0 Å². The molecule has 0 aliphatic rings. The van der Waals surface area contributed by atoms with Gasteiger partial charge < -0.3 is 0 Å². The molecule has 0 saturated heterocycles. The summed E-state index contributed by atoms with van der Waals surface area (Å²) in [6.07, 6.45) is 0. The monoisotopic (exact) mass is 147 g/mol. The normalized spacial score (nSPS) is 9.09. The number of hydrogen-bond acceptors (Lipinski definition) is 1. The summed E-state index contributed by atoms with van der Waals surface area (Å²) in [5.41, 5.74) is 0.609. The number of carbonyl (C=O) groups is 1. The van der Waals surface area contributed by atoms with Gasteiger partial charge in [0.2, 0.25) is 0 Å². The first kappa shape index (κ1) is 7.54. The van der Waals surface area contributed by atoms with Crippen molar-refractivity contribution in [2.45, 2.75) is 0 Å². The molecule has 0 aromatic heterocycles. The lowest BCUT2D eigenvalue weighted by atomic mass is 10.1. The maximum Gasteiger partial charge on any atom is 0.386 e. The second-order valence-corrected chi connectivity index (χ2v) is 2.13. The molecule has 2 nitrogen and oxygen atoms in total. The van der Waals surface area contributed by atoms with Crippen LogP contribution in [0.3, 0.4) is 0 Å². The van der Waals surface area contributed by atoms with Gasteiger partial charge in [0.05, 0.1) is 5.57 Å². The molecule has 2 heteroatoms. The molecule has 1 aromatic carbocycles. The average molecular weight is 147 g/mol. The summed E-state index contributed by atoms with van der Waals surface area (Å²) in [5.74, 6) is -1.23. The van der Waals surface area contributed by atoms with E-state index in [-0.39, 0.29) is 5.57 Å². The predicted octanol–water partition coefficient (Wildman–Crippen LogP) is 1.66. The molecular weight excluding hydrogens is 140 g/mol. The van der Waals surface area contributed by atoms with Crippen LogP contribution in [0.5, 0.6) is 0 Å². The third-order valence-corrected chi connectivity index (χ3v) is 1.37. The van der Waals surface area contributed by atoms with Crippen LogP contribution in [-0.4, -0.2) is 5.97 Å². The van der Waals surface area contributed by atoms with E-state index in [0.29, 0.717) is 5.56 Å². The Balaban J connectivity index is 2.95. The highest BCUT2D eigenvalue weighted by molar-refractivity contribution is 6.14. The third kappa shape index (κ3) is 1.67. The zero-order valence-electron chi connectivity index (χ0n) is 5.91. The molecule has 0 unspecified atom stereocenters. The molecule has 1 aromatic rings. The van der Waals surface area contributed by atoms with Gasteiger partial charge in [-0.05, 0) is 5.56 Å². The summed E-state index contributed by atoms with van der Waals surface area (Å²) >= 11 is 0. The molecule has 1 radical (unpaired) electrons. The Morgan fingerprint density at radius 1 is 1.18 bits per heavy atom. The molecule has 0 bridgehead atoms. The van der Waals surface area contributed by atoms with Crippen LogP contribution in [0, 0.1) is 0 Å². The molecule has 0 heterocycles. The molecule has 0 fully saturated rings. The molecule has 1 rings (SSSR count). The Bertz CT molecular complexity index is 275. The standard InChI is InChI=1S/C9H7O2/c1-7(9(10)11)8-5-3-2-4-6-8/h2-6H,1H2. The zero-order valence-corrected chi connectivity index (χ0v) is 5.91. The Morgan fingerprint density at radius 2 is 1.73 bits per heavy atom. The van der Waals surface area contributed by atoms with Gasteiger partial charge in [-0.15, -0.1) is 0 Å². The van der Waals surface area contributed by atoms with Gasteiger partial charge in [-0.3, -0.25) is 0 Å². The van der Waals surface area contributed by atoms with E-state index in [2.05, 4.69) is 6.58 Å². The van der Waals surface area contributed by atoms with E-state index >= 15 is 0 Å². The van der Waals surface area contributed by atoms with Crippen LogP contribution < -0.4 is 0 Å². The van der Waals surface area contributed by atoms with Crippen molar-refractivity contribution in [1.29, 1.82) is 0 Å². The van der Waals surface area contributed by atoms with Crippen molar-refractivity contribution in [3.05, 3.63) is 42.5 Å². The van der Waals surface area contributed by atoms with Crippen LogP contribution in [0.2, 0.25) is 0 Å². The van der Waals surface area contributed by atoms with Crippen molar-refractivity contribution in [3.63, 3.8) is 0 Å². The predicted molar refractivity (Wildman–Crippen MR) is 41.2 cm³/mol. The molecule has 0 atom stereocenters. The largest absolute Gasteiger partial charge is 0.386 e. The van der Waals surface area contributed by atoms with Gasteiger partial charge in [-0.2, -0.15) is 0 Å². The molecule has 0 saturated carbocycles. The summed E-state index contributed by atoms with van der Waals surface area (Å²) in [6.45, 7) is 3.36. The number of rotatable bonds is 2. The highest BCUT2D eigenvalue weighted by atomic mass is 16.4. The van der Waals surface area contributed by atoms with Gasteiger partial charge >= 0.3 is 5.97 Å². The van der Waals surface area contributed by atoms with Crippen LogP contribution in [-0.2, 0) is 9.90 Å². The van der Waals surface area contributed by atoms with Crippen molar-refractivity contribution in [3.8, 4) is 0 Å². The summed E-state index contributed by atoms with van der Waals surface area (Å²) < 4.78 is 0. The van der Waals surface area contributed by atoms with Crippen molar-refractivity contribution in [1.82, 2.24) is 0 Å². The molecule has 0 aliphatic carbocycles. The fraction of sp³-hybridized carbons (Fsp3) is 0. The fourth-order valence-electron chi connectivity index (χ4n) is 0.757. The minimum Gasteiger partial charge on any atom is -0.242 e. The molecule has 55 valence electrons. The summed E-state index contributed by atoms with van der Waals surface area (Å²) in [5, 5.41) is 10.3. The summed E-state index contributed by atoms with van der Waals surface area (Å²) in [6, 6.07) is 8.68. The third-order valence-electron chi connectivity index (χ3n) is 1.37. The Hall–Kier alpha value is -1.57. The SMILES string of the molecule is C=C(C([O])=O)c1ccccc1. The van der Waals surface area contributed by atoms with Gasteiger partial charge in [-0.1, -0.05) is 36.9 Å². The van der Waals surface area contributed by atoms with E-state index in [1.807, 2.05) is 6.07 Å². The van der Waals surface area contributed by atoms with E-state index in [0.717, 1.165) is 0 Å². The van der Waals surface area contributed by atoms with Crippen molar-refractivity contribution in [2.75, 3.05) is 0 Å². The lowest BCUT2D eigenvalue weighted by molar-refractivity contribution is -0.135. The molecular formula is C9H7O2. The summed E-state index contributed by atoms with van der Waals surface area (Å²) in [7, 11) is 0. The van der Waals surface area contributed by atoms with Gasteiger partial charge in [0, 0.05) is 0 Å². The molecule has 11 heavy (non-hydrogen) atoms. The van der Waals surface area contributed by atoms with Crippen LogP contribution >= 0.6 is 0 Å². The lowest BCUT2D eigenvalue weighted by Crippen LogP contribution is -1.95. The van der Waals surface area contributed by atoms with Gasteiger partial charge in [0.15, 0.2) is 0 Å². The average Bonchev–Trinajstić information content (AvgIpc) is 2.05. The Morgan fingerprint density at radius 3 is 2.18 bits per heavy atom. The Labute approximate surface area is 64.8 Å². The Kier molecular flexibility index (Phi) is 2.06. The smallest absolute Gasteiger partial charge is 0.242 e. The molecule has 0 aliphatic heterocycles. The lowest BCUT2D eigenvalue weighted by Gasteiger charge is -1.95. The minimum atomic E-state index is -1.23. The summed E-state index contributed by atoms with van der Waals surface area (Å²) in [4.78, 5) is 10.3. The van der Waals surface area contributed by atoms with Crippen molar-refractivity contribution in [2.24, 2.45) is 0 Å². The molecule has 0 spiro atoms. The van der Waals surface area contributed by atoms with E-state index in [1.165, 1.54) is 0 Å². The number of carbonyl (C=O) groups excluding carboxylic acids is 1. The van der Waals surface area contributed by atoms with E-state index in [1.54, 1.807) is 24.3 Å². The van der Waals surface area contributed by atoms with Crippen molar-refractivity contribution >= 4 is 11.5 Å². The first-order valence-electron chi connectivity index (χ1n) is 3.17. The van der Waals surface area contributed by atoms with Gasteiger partial charge in [-0.25, -0.2) is 9.90 Å². The quantitative estimate of drug-likeness (QED) is 0.586. The van der Waals surface area contributed by atoms with E-state index in [4.69, 9.17) is 0 Å².